The molecule has 8 heteroatoms. The smallest absolute Gasteiger partial charge is 0.240 e. The number of carbonyl (C=O) groups is 1. The van der Waals surface area contributed by atoms with Gasteiger partial charge in [-0.2, -0.15) is 4.31 Å². The highest BCUT2D eigenvalue weighted by Gasteiger charge is 2.36. The minimum atomic E-state index is -3.45. The van der Waals surface area contributed by atoms with Gasteiger partial charge in [0.25, 0.3) is 0 Å². The van der Waals surface area contributed by atoms with Crippen LogP contribution in [0.25, 0.3) is 0 Å². The van der Waals surface area contributed by atoms with E-state index in [1.165, 1.54) is 4.31 Å². The third-order valence-corrected chi connectivity index (χ3v) is 4.85. The summed E-state index contributed by atoms with van der Waals surface area (Å²) in [6.45, 7) is 3.43. The molecule has 7 nitrogen and oxygen atoms in total. The van der Waals surface area contributed by atoms with Crippen LogP contribution >= 0.6 is 0 Å². The molecule has 3 N–H and O–H groups in total. The number of sulfonamides is 1. The van der Waals surface area contributed by atoms with Crippen LogP contribution in [0.1, 0.15) is 19.8 Å². The number of ether oxygens (including phenoxy) is 1. The van der Waals surface area contributed by atoms with Crippen LogP contribution in [0.2, 0.25) is 0 Å². The zero-order chi connectivity index (χ0) is 14.3. The van der Waals surface area contributed by atoms with Gasteiger partial charge in [-0.3, -0.25) is 4.79 Å². The molecule has 0 radical (unpaired) electrons. The molecule has 0 spiro atoms. The number of hydrogen-bond donors (Lipinski definition) is 2. The normalized spacial score (nSPS) is 21.3. The molecule has 1 saturated heterocycles. The van der Waals surface area contributed by atoms with Crippen LogP contribution < -0.4 is 11.1 Å². The van der Waals surface area contributed by atoms with E-state index in [4.69, 9.17) is 10.5 Å². The summed E-state index contributed by atoms with van der Waals surface area (Å²) in [7, 11) is -3.45. The first-order valence-corrected chi connectivity index (χ1v) is 8.19. The monoisotopic (exact) mass is 293 g/mol. The summed E-state index contributed by atoms with van der Waals surface area (Å²) in [4.78, 5) is 12.0. The summed E-state index contributed by atoms with van der Waals surface area (Å²) >= 11 is 0. The quantitative estimate of drug-likeness (QED) is 0.620. The van der Waals surface area contributed by atoms with E-state index in [1.54, 1.807) is 0 Å². The van der Waals surface area contributed by atoms with Gasteiger partial charge >= 0.3 is 0 Å². The fourth-order valence-electron chi connectivity index (χ4n) is 1.88. The molecule has 0 aromatic carbocycles. The molecule has 1 unspecified atom stereocenters. The van der Waals surface area contributed by atoms with Gasteiger partial charge in [0.15, 0.2) is 0 Å². The first kappa shape index (κ1) is 16.4. The minimum absolute atomic E-state index is 0.0267. The number of morpholine rings is 1. The fraction of sp³-hybridized carbons (Fsp3) is 0.909. The van der Waals surface area contributed by atoms with Crippen LogP contribution in [-0.2, 0) is 19.6 Å². The Balaban J connectivity index is 2.74. The van der Waals surface area contributed by atoms with E-state index in [2.05, 4.69) is 5.32 Å². The molecule has 1 aliphatic rings. The molecule has 19 heavy (non-hydrogen) atoms. The lowest BCUT2D eigenvalue weighted by Crippen LogP contribution is -2.56. The predicted octanol–water partition coefficient (Wildman–Crippen LogP) is -1.11. The first-order valence-electron chi connectivity index (χ1n) is 6.58. The second kappa shape index (κ2) is 7.78. The third kappa shape index (κ3) is 4.72. The molecule has 1 rings (SSSR count). The van der Waals surface area contributed by atoms with Crippen molar-refractivity contribution in [1.82, 2.24) is 9.62 Å². The van der Waals surface area contributed by atoms with Gasteiger partial charge in [0, 0.05) is 13.1 Å². The van der Waals surface area contributed by atoms with Gasteiger partial charge in [0.05, 0.1) is 19.0 Å². The Morgan fingerprint density at radius 3 is 2.89 bits per heavy atom. The number of nitrogens with two attached hydrogens (primary N) is 1. The fourth-order valence-corrected chi connectivity index (χ4v) is 3.54. The summed E-state index contributed by atoms with van der Waals surface area (Å²) in [5, 5.41) is 2.71. The molecule has 1 heterocycles. The van der Waals surface area contributed by atoms with Crippen molar-refractivity contribution in [3.8, 4) is 0 Å². The maximum absolute atomic E-state index is 12.2. The first-order chi connectivity index (χ1) is 9.03. The van der Waals surface area contributed by atoms with Gasteiger partial charge in [-0.25, -0.2) is 8.42 Å². The SMILES string of the molecule is CCCNC(=O)C1COCCN1S(=O)(=O)CCCN. The number of hydrogen-bond acceptors (Lipinski definition) is 5. The Bertz CT molecular complexity index is 385. The summed E-state index contributed by atoms with van der Waals surface area (Å²) in [6.07, 6.45) is 1.20. The zero-order valence-electron chi connectivity index (χ0n) is 11.3. The number of nitrogens with zero attached hydrogens (tertiary/aromatic N) is 1. The number of rotatable bonds is 7. The molecular weight excluding hydrogens is 270 g/mol. The molecule has 1 fully saturated rings. The number of carbonyl (C=O) groups excluding carboxylic acids is 1. The van der Waals surface area contributed by atoms with Gasteiger partial charge in [-0.05, 0) is 19.4 Å². The Morgan fingerprint density at radius 2 is 2.26 bits per heavy atom. The Labute approximate surface area is 114 Å². The van der Waals surface area contributed by atoms with Crippen LogP contribution in [0.4, 0.5) is 0 Å². The van der Waals surface area contributed by atoms with E-state index in [0.29, 0.717) is 26.1 Å². The van der Waals surface area contributed by atoms with E-state index in [1.807, 2.05) is 6.92 Å². The van der Waals surface area contributed by atoms with Crippen molar-refractivity contribution in [3.05, 3.63) is 0 Å². The highest BCUT2D eigenvalue weighted by molar-refractivity contribution is 7.89. The zero-order valence-corrected chi connectivity index (χ0v) is 12.1. The van der Waals surface area contributed by atoms with Crippen molar-refractivity contribution in [2.24, 2.45) is 5.73 Å². The predicted molar refractivity (Wildman–Crippen MR) is 72.1 cm³/mol. The van der Waals surface area contributed by atoms with Crippen LogP contribution in [0, 0.1) is 0 Å². The lowest BCUT2D eigenvalue weighted by Gasteiger charge is -2.33. The van der Waals surface area contributed by atoms with Crippen molar-refractivity contribution in [3.63, 3.8) is 0 Å². The van der Waals surface area contributed by atoms with E-state index in [0.717, 1.165) is 6.42 Å². The molecule has 0 bridgehead atoms. The van der Waals surface area contributed by atoms with Crippen LogP contribution in [0.3, 0.4) is 0 Å². The number of amides is 1. The third-order valence-electron chi connectivity index (χ3n) is 2.89. The second-order valence-electron chi connectivity index (χ2n) is 4.45. The summed E-state index contributed by atoms with van der Waals surface area (Å²) in [6, 6.07) is -0.761. The highest BCUT2D eigenvalue weighted by Crippen LogP contribution is 2.14. The number of nitrogens with one attached hydrogen (secondary N) is 1. The average molecular weight is 293 g/mol. The highest BCUT2D eigenvalue weighted by atomic mass is 32.2. The van der Waals surface area contributed by atoms with Crippen molar-refractivity contribution in [2.45, 2.75) is 25.8 Å². The van der Waals surface area contributed by atoms with Crippen molar-refractivity contribution in [2.75, 3.05) is 38.6 Å². The van der Waals surface area contributed by atoms with Crippen molar-refractivity contribution in [1.29, 1.82) is 0 Å². The van der Waals surface area contributed by atoms with E-state index in [9.17, 15) is 13.2 Å². The molecule has 0 aromatic rings. The summed E-state index contributed by atoms with van der Waals surface area (Å²) in [5.74, 6) is -0.320. The van der Waals surface area contributed by atoms with E-state index in [-0.39, 0.29) is 24.8 Å². The van der Waals surface area contributed by atoms with Gasteiger partial charge in [-0.15, -0.1) is 0 Å². The van der Waals surface area contributed by atoms with Gasteiger partial charge < -0.3 is 15.8 Å². The Morgan fingerprint density at radius 1 is 1.53 bits per heavy atom. The maximum atomic E-state index is 12.2. The molecule has 1 atom stereocenters. The van der Waals surface area contributed by atoms with E-state index >= 15 is 0 Å². The summed E-state index contributed by atoms with van der Waals surface area (Å²) in [5.41, 5.74) is 5.34. The van der Waals surface area contributed by atoms with Crippen molar-refractivity contribution >= 4 is 15.9 Å². The van der Waals surface area contributed by atoms with Crippen molar-refractivity contribution < 1.29 is 17.9 Å². The maximum Gasteiger partial charge on any atom is 0.240 e. The van der Waals surface area contributed by atoms with Gasteiger partial charge in [0.2, 0.25) is 15.9 Å². The molecular formula is C11H23N3O4S. The van der Waals surface area contributed by atoms with Crippen LogP contribution in [0.15, 0.2) is 0 Å². The van der Waals surface area contributed by atoms with Gasteiger partial charge in [-0.1, -0.05) is 6.92 Å². The van der Waals surface area contributed by atoms with Crippen LogP contribution in [-0.4, -0.2) is 63.3 Å². The molecule has 1 amide bonds. The lowest BCUT2D eigenvalue weighted by molar-refractivity contribution is -0.129. The lowest BCUT2D eigenvalue weighted by atomic mass is 10.2. The molecule has 0 saturated carbocycles. The van der Waals surface area contributed by atoms with E-state index < -0.39 is 16.1 Å². The molecule has 112 valence electrons. The minimum Gasteiger partial charge on any atom is -0.378 e. The molecule has 1 aliphatic heterocycles. The Kier molecular flexibility index (Phi) is 6.70. The Hall–Kier alpha value is -0.700. The second-order valence-corrected chi connectivity index (χ2v) is 6.49. The molecule has 0 aliphatic carbocycles. The summed E-state index contributed by atoms with van der Waals surface area (Å²) < 4.78 is 30.8. The average Bonchev–Trinajstić information content (AvgIpc) is 2.42. The topological polar surface area (TPSA) is 102 Å². The largest absolute Gasteiger partial charge is 0.378 e. The van der Waals surface area contributed by atoms with Crippen LogP contribution in [0.5, 0.6) is 0 Å². The van der Waals surface area contributed by atoms with Gasteiger partial charge in [0.1, 0.15) is 6.04 Å². The molecule has 0 aromatic heterocycles. The standard InChI is InChI=1S/C11H23N3O4S/c1-2-5-13-11(15)10-9-18-7-6-14(10)19(16,17)8-3-4-12/h10H,2-9,12H2,1H3,(H,13,15).